The monoisotopic (exact) mass is 345 g/mol. The molecule has 1 unspecified atom stereocenters. The topological polar surface area (TPSA) is 36.0 Å². The van der Waals surface area contributed by atoms with Gasteiger partial charge in [0.2, 0.25) is 5.91 Å². The number of methoxy groups -OCH3 is 1. The first-order chi connectivity index (χ1) is 12.2. The fourth-order valence-electron chi connectivity index (χ4n) is 3.99. The Morgan fingerprint density at radius 1 is 1.16 bits per heavy atom. The lowest BCUT2D eigenvalue weighted by Gasteiger charge is -2.37. The summed E-state index contributed by atoms with van der Waals surface area (Å²) in [5, 5.41) is 0. The lowest BCUT2D eigenvalue weighted by Crippen LogP contribution is -2.49. The van der Waals surface area contributed by atoms with Crippen LogP contribution in [0.4, 0.5) is 5.69 Å². The van der Waals surface area contributed by atoms with Gasteiger partial charge in [0, 0.05) is 45.7 Å². The molecule has 138 valence electrons. The first kappa shape index (κ1) is 18.1. The van der Waals surface area contributed by atoms with Crippen molar-refractivity contribution in [2.45, 2.75) is 26.2 Å². The minimum atomic E-state index is 0.304. The number of likely N-dealkylation sites (tertiary alicyclic amines) is 1. The number of anilines is 1. The van der Waals surface area contributed by atoms with E-state index >= 15 is 0 Å². The molecular weight excluding hydrogens is 314 g/mol. The van der Waals surface area contributed by atoms with Crippen molar-refractivity contribution < 1.29 is 9.53 Å². The SMILES string of the molecule is COc1ccccc1N1CCN(C(=O)CCN2CCCC(C)C2)CC1. The van der Waals surface area contributed by atoms with Gasteiger partial charge in [0.1, 0.15) is 5.75 Å². The molecule has 0 radical (unpaired) electrons. The number of benzene rings is 1. The Labute approximate surface area is 151 Å². The predicted octanol–water partition coefficient (Wildman–Crippen LogP) is 2.47. The third-order valence-corrected chi connectivity index (χ3v) is 5.44. The summed E-state index contributed by atoms with van der Waals surface area (Å²) < 4.78 is 5.46. The Morgan fingerprint density at radius 2 is 1.92 bits per heavy atom. The van der Waals surface area contributed by atoms with Crippen molar-refractivity contribution in [2.75, 3.05) is 57.8 Å². The van der Waals surface area contributed by atoms with Gasteiger partial charge in [0.15, 0.2) is 0 Å². The number of piperazine rings is 1. The van der Waals surface area contributed by atoms with Crippen molar-refractivity contribution in [1.29, 1.82) is 0 Å². The molecule has 1 aromatic carbocycles. The van der Waals surface area contributed by atoms with E-state index in [-0.39, 0.29) is 0 Å². The molecule has 0 N–H and O–H groups in total. The van der Waals surface area contributed by atoms with Crippen molar-refractivity contribution in [3.63, 3.8) is 0 Å². The van der Waals surface area contributed by atoms with E-state index in [9.17, 15) is 4.79 Å². The van der Waals surface area contributed by atoms with Crippen LogP contribution in [-0.2, 0) is 4.79 Å². The van der Waals surface area contributed by atoms with Crippen LogP contribution >= 0.6 is 0 Å². The van der Waals surface area contributed by atoms with Gasteiger partial charge in [-0.3, -0.25) is 4.79 Å². The Hall–Kier alpha value is -1.75. The van der Waals surface area contributed by atoms with Crippen LogP contribution < -0.4 is 9.64 Å². The minimum Gasteiger partial charge on any atom is -0.495 e. The van der Waals surface area contributed by atoms with Crippen LogP contribution in [-0.4, -0.2) is 68.6 Å². The minimum absolute atomic E-state index is 0.304. The summed E-state index contributed by atoms with van der Waals surface area (Å²) in [6, 6.07) is 8.11. The molecule has 5 heteroatoms. The number of ether oxygens (including phenoxy) is 1. The molecule has 25 heavy (non-hydrogen) atoms. The summed E-state index contributed by atoms with van der Waals surface area (Å²) in [6.45, 7) is 8.86. The van der Waals surface area contributed by atoms with Gasteiger partial charge in [-0.2, -0.15) is 0 Å². The van der Waals surface area contributed by atoms with E-state index in [4.69, 9.17) is 4.74 Å². The molecule has 1 atom stereocenters. The Kier molecular flexibility index (Phi) is 6.19. The molecule has 2 heterocycles. The summed E-state index contributed by atoms with van der Waals surface area (Å²) >= 11 is 0. The summed E-state index contributed by atoms with van der Waals surface area (Å²) in [4.78, 5) is 19.3. The van der Waals surface area contributed by atoms with Gasteiger partial charge < -0.3 is 19.4 Å². The van der Waals surface area contributed by atoms with E-state index in [0.29, 0.717) is 12.3 Å². The van der Waals surface area contributed by atoms with Gasteiger partial charge in [0.25, 0.3) is 0 Å². The molecule has 3 rings (SSSR count). The number of carbonyl (C=O) groups is 1. The first-order valence-electron chi connectivity index (χ1n) is 9.55. The lowest BCUT2D eigenvalue weighted by atomic mass is 10.0. The fourth-order valence-corrected chi connectivity index (χ4v) is 3.99. The van der Waals surface area contributed by atoms with Gasteiger partial charge in [-0.15, -0.1) is 0 Å². The van der Waals surface area contributed by atoms with Crippen molar-refractivity contribution in [2.24, 2.45) is 5.92 Å². The molecule has 2 aliphatic rings. The molecule has 1 aromatic rings. The number of hydrogen-bond acceptors (Lipinski definition) is 4. The number of piperidine rings is 1. The van der Waals surface area contributed by atoms with Gasteiger partial charge in [-0.05, 0) is 37.4 Å². The van der Waals surface area contributed by atoms with Crippen molar-refractivity contribution in [1.82, 2.24) is 9.80 Å². The lowest BCUT2D eigenvalue weighted by molar-refractivity contribution is -0.131. The second-order valence-corrected chi connectivity index (χ2v) is 7.34. The number of hydrogen-bond donors (Lipinski definition) is 0. The molecule has 2 fully saturated rings. The van der Waals surface area contributed by atoms with E-state index in [1.54, 1.807) is 7.11 Å². The summed E-state index contributed by atoms with van der Waals surface area (Å²) in [6.07, 6.45) is 3.25. The molecule has 2 aliphatic heterocycles. The number of rotatable bonds is 5. The van der Waals surface area contributed by atoms with Crippen molar-refractivity contribution in [3.05, 3.63) is 24.3 Å². The maximum Gasteiger partial charge on any atom is 0.223 e. The van der Waals surface area contributed by atoms with Crippen LogP contribution in [0.15, 0.2) is 24.3 Å². The fraction of sp³-hybridized carbons (Fsp3) is 0.650. The van der Waals surface area contributed by atoms with Gasteiger partial charge >= 0.3 is 0 Å². The predicted molar refractivity (Wildman–Crippen MR) is 101 cm³/mol. The van der Waals surface area contributed by atoms with E-state index in [2.05, 4.69) is 22.8 Å². The number of amides is 1. The molecule has 5 nitrogen and oxygen atoms in total. The molecule has 2 saturated heterocycles. The molecule has 0 aromatic heterocycles. The first-order valence-corrected chi connectivity index (χ1v) is 9.55. The molecule has 1 amide bonds. The van der Waals surface area contributed by atoms with Crippen LogP contribution in [0.3, 0.4) is 0 Å². The average molecular weight is 345 g/mol. The molecule has 0 bridgehead atoms. The Balaban J connectivity index is 1.46. The van der Waals surface area contributed by atoms with E-state index in [1.165, 1.54) is 12.8 Å². The highest BCUT2D eigenvalue weighted by molar-refractivity contribution is 5.76. The highest BCUT2D eigenvalue weighted by Gasteiger charge is 2.24. The van der Waals surface area contributed by atoms with E-state index in [0.717, 1.165) is 63.2 Å². The third kappa shape index (κ3) is 4.66. The van der Waals surface area contributed by atoms with E-state index in [1.807, 2.05) is 23.1 Å². The Bertz CT molecular complexity index is 570. The van der Waals surface area contributed by atoms with E-state index < -0.39 is 0 Å². The maximum absolute atomic E-state index is 12.5. The zero-order valence-corrected chi connectivity index (χ0v) is 15.6. The molecule has 0 spiro atoms. The molecular formula is C20H31N3O2. The van der Waals surface area contributed by atoms with Crippen LogP contribution in [0.25, 0.3) is 0 Å². The maximum atomic E-state index is 12.5. The zero-order chi connectivity index (χ0) is 17.6. The van der Waals surface area contributed by atoms with Crippen LogP contribution in [0, 0.1) is 5.92 Å². The zero-order valence-electron chi connectivity index (χ0n) is 15.6. The van der Waals surface area contributed by atoms with Crippen molar-refractivity contribution >= 4 is 11.6 Å². The van der Waals surface area contributed by atoms with Crippen LogP contribution in [0.5, 0.6) is 5.75 Å². The highest BCUT2D eigenvalue weighted by atomic mass is 16.5. The summed E-state index contributed by atoms with van der Waals surface area (Å²) in [5.41, 5.74) is 1.12. The Morgan fingerprint density at radius 3 is 2.64 bits per heavy atom. The van der Waals surface area contributed by atoms with Crippen LogP contribution in [0.2, 0.25) is 0 Å². The van der Waals surface area contributed by atoms with Gasteiger partial charge in [-0.1, -0.05) is 19.1 Å². The number of para-hydroxylation sites is 2. The van der Waals surface area contributed by atoms with Gasteiger partial charge in [-0.25, -0.2) is 0 Å². The normalized spacial score (nSPS) is 22.1. The highest BCUT2D eigenvalue weighted by Crippen LogP contribution is 2.28. The third-order valence-electron chi connectivity index (χ3n) is 5.44. The largest absolute Gasteiger partial charge is 0.495 e. The summed E-state index contributed by atoms with van der Waals surface area (Å²) in [7, 11) is 1.71. The smallest absolute Gasteiger partial charge is 0.223 e. The van der Waals surface area contributed by atoms with Crippen molar-refractivity contribution in [3.8, 4) is 5.75 Å². The quantitative estimate of drug-likeness (QED) is 0.821. The second kappa shape index (κ2) is 8.56. The molecule has 0 aliphatic carbocycles. The molecule has 0 saturated carbocycles. The van der Waals surface area contributed by atoms with Gasteiger partial charge in [0.05, 0.1) is 12.8 Å². The standard InChI is InChI=1S/C20H31N3O2/c1-17-6-5-10-21(16-17)11-9-20(24)23-14-12-22(13-15-23)18-7-3-4-8-19(18)25-2/h3-4,7-8,17H,5-6,9-16H2,1-2H3. The number of carbonyl (C=O) groups excluding carboxylic acids is 1. The second-order valence-electron chi connectivity index (χ2n) is 7.34. The summed E-state index contributed by atoms with van der Waals surface area (Å²) in [5.74, 6) is 1.98. The average Bonchev–Trinajstić information content (AvgIpc) is 2.66. The van der Waals surface area contributed by atoms with Crippen LogP contribution in [0.1, 0.15) is 26.2 Å². The number of nitrogens with zero attached hydrogens (tertiary/aromatic N) is 3.